The zero-order chi connectivity index (χ0) is 10.7. The largest absolute Gasteiger partial charge is 0.314 e. The number of nitrogens with zero attached hydrogens (tertiary/aromatic N) is 2. The Balaban J connectivity index is 1.84. The molecule has 1 N–H and O–H groups in total. The van der Waals surface area contributed by atoms with Gasteiger partial charge in [0, 0.05) is 37.1 Å². The molecule has 1 unspecified atom stereocenters. The van der Waals surface area contributed by atoms with Gasteiger partial charge in [0.05, 0.1) is 11.2 Å². The maximum Gasteiger partial charge on any atom is 0.0797 e. The monoisotopic (exact) mass is 225 g/mol. The molecular weight excluding hydrogens is 206 g/mol. The predicted molar refractivity (Wildman–Crippen MR) is 64.5 cm³/mol. The van der Waals surface area contributed by atoms with Crippen LogP contribution in [0.1, 0.15) is 17.5 Å². The number of aromatic nitrogens is 1. The van der Waals surface area contributed by atoms with Crippen LogP contribution in [0.3, 0.4) is 0 Å². The van der Waals surface area contributed by atoms with Gasteiger partial charge < -0.3 is 5.32 Å². The molecule has 1 aromatic rings. The van der Waals surface area contributed by atoms with Crippen LogP contribution in [-0.2, 0) is 6.42 Å². The Kier molecular flexibility index (Phi) is 3.72. The van der Waals surface area contributed by atoms with Crippen LogP contribution >= 0.6 is 11.3 Å². The lowest BCUT2D eigenvalue weighted by molar-refractivity contribution is 0.176. The lowest BCUT2D eigenvalue weighted by atomic mass is 10.2. The molecule has 2 rings (SSSR count). The summed E-state index contributed by atoms with van der Waals surface area (Å²) in [5.41, 5.74) is 3.16. The van der Waals surface area contributed by atoms with Gasteiger partial charge in [0.15, 0.2) is 0 Å². The summed E-state index contributed by atoms with van der Waals surface area (Å²) >= 11 is 1.79. The highest BCUT2D eigenvalue weighted by atomic mass is 32.1. The van der Waals surface area contributed by atoms with Crippen LogP contribution in [0.5, 0.6) is 0 Å². The summed E-state index contributed by atoms with van der Waals surface area (Å²) < 4.78 is 0. The highest BCUT2D eigenvalue weighted by molar-refractivity contribution is 7.09. The van der Waals surface area contributed by atoms with Crippen molar-refractivity contribution in [1.82, 2.24) is 15.2 Å². The lowest BCUT2D eigenvalue weighted by Gasteiger charge is -2.33. The molecular formula is C11H19N3S. The van der Waals surface area contributed by atoms with Gasteiger partial charge in [-0.2, -0.15) is 0 Å². The first-order chi connectivity index (χ1) is 7.27. The van der Waals surface area contributed by atoms with Crippen LogP contribution in [0.4, 0.5) is 0 Å². The number of hydrogen-bond donors (Lipinski definition) is 1. The quantitative estimate of drug-likeness (QED) is 0.840. The molecule has 0 radical (unpaired) electrons. The Morgan fingerprint density at radius 2 is 2.53 bits per heavy atom. The van der Waals surface area contributed by atoms with Crippen molar-refractivity contribution in [2.45, 2.75) is 26.3 Å². The number of rotatable bonds is 3. The Labute approximate surface area is 95.5 Å². The molecule has 1 aromatic heterocycles. The van der Waals surface area contributed by atoms with E-state index >= 15 is 0 Å². The normalized spacial score (nSPS) is 23.2. The molecule has 0 aliphatic carbocycles. The van der Waals surface area contributed by atoms with Gasteiger partial charge in [-0.05, 0) is 20.3 Å². The zero-order valence-corrected chi connectivity index (χ0v) is 10.3. The maximum absolute atomic E-state index is 4.29. The van der Waals surface area contributed by atoms with Gasteiger partial charge in [0.25, 0.3) is 0 Å². The highest BCUT2D eigenvalue weighted by Crippen LogP contribution is 2.14. The van der Waals surface area contributed by atoms with Crippen molar-refractivity contribution in [2.24, 2.45) is 0 Å². The second-order valence-corrected chi connectivity index (χ2v) is 5.14. The Morgan fingerprint density at radius 1 is 1.67 bits per heavy atom. The molecule has 0 aromatic carbocycles. The van der Waals surface area contributed by atoms with Crippen LogP contribution in [0.2, 0.25) is 0 Å². The van der Waals surface area contributed by atoms with E-state index in [1.165, 1.54) is 23.7 Å². The molecule has 1 aliphatic heterocycles. The third-order valence-corrected chi connectivity index (χ3v) is 4.10. The molecule has 2 heterocycles. The third-order valence-electron chi connectivity index (χ3n) is 3.11. The number of piperazine rings is 1. The van der Waals surface area contributed by atoms with Gasteiger partial charge in [0.2, 0.25) is 0 Å². The average Bonchev–Trinajstić information content (AvgIpc) is 2.63. The molecule has 0 spiro atoms. The van der Waals surface area contributed by atoms with E-state index in [2.05, 4.69) is 29.0 Å². The summed E-state index contributed by atoms with van der Waals surface area (Å²) in [5.74, 6) is 0. The van der Waals surface area contributed by atoms with E-state index in [0.29, 0.717) is 6.04 Å². The molecule has 84 valence electrons. The second-order valence-electron chi connectivity index (χ2n) is 4.20. The lowest BCUT2D eigenvalue weighted by Crippen LogP contribution is -2.50. The van der Waals surface area contributed by atoms with Gasteiger partial charge in [-0.15, -0.1) is 11.3 Å². The summed E-state index contributed by atoms with van der Waals surface area (Å²) in [4.78, 5) is 8.30. The molecule has 0 bridgehead atoms. The molecule has 1 fully saturated rings. The summed E-state index contributed by atoms with van der Waals surface area (Å²) in [7, 11) is 0. The summed E-state index contributed by atoms with van der Waals surface area (Å²) in [6.45, 7) is 9.01. The van der Waals surface area contributed by atoms with E-state index in [1.54, 1.807) is 11.3 Å². The van der Waals surface area contributed by atoms with Gasteiger partial charge in [0.1, 0.15) is 0 Å². The fourth-order valence-electron chi connectivity index (χ4n) is 2.03. The van der Waals surface area contributed by atoms with Crippen molar-refractivity contribution in [3.8, 4) is 0 Å². The minimum absolute atomic E-state index is 0.673. The molecule has 1 aliphatic rings. The van der Waals surface area contributed by atoms with Crippen molar-refractivity contribution in [2.75, 3.05) is 26.2 Å². The van der Waals surface area contributed by atoms with Gasteiger partial charge >= 0.3 is 0 Å². The zero-order valence-electron chi connectivity index (χ0n) is 9.49. The number of thiazole rings is 1. The Morgan fingerprint density at radius 3 is 3.20 bits per heavy atom. The van der Waals surface area contributed by atoms with E-state index in [0.717, 1.165) is 19.5 Å². The topological polar surface area (TPSA) is 28.2 Å². The Bertz CT molecular complexity index is 311. The van der Waals surface area contributed by atoms with Crippen LogP contribution in [-0.4, -0.2) is 42.1 Å². The summed E-state index contributed by atoms with van der Waals surface area (Å²) in [6, 6.07) is 0.673. The first-order valence-corrected chi connectivity index (χ1v) is 6.49. The first-order valence-electron chi connectivity index (χ1n) is 5.61. The van der Waals surface area contributed by atoms with Gasteiger partial charge in [-0.3, -0.25) is 4.90 Å². The summed E-state index contributed by atoms with van der Waals surface area (Å²) in [6.07, 6.45) is 1.15. The number of aryl methyl sites for hydroxylation is 1. The van der Waals surface area contributed by atoms with E-state index < -0.39 is 0 Å². The van der Waals surface area contributed by atoms with Crippen molar-refractivity contribution in [3.05, 3.63) is 16.1 Å². The van der Waals surface area contributed by atoms with Crippen molar-refractivity contribution >= 4 is 11.3 Å². The van der Waals surface area contributed by atoms with E-state index in [9.17, 15) is 0 Å². The van der Waals surface area contributed by atoms with Gasteiger partial charge in [-0.1, -0.05) is 0 Å². The fourth-order valence-corrected chi connectivity index (χ4v) is 2.80. The SMILES string of the molecule is Cc1ncsc1CCN1CCNCC1C. The molecule has 1 saturated heterocycles. The van der Waals surface area contributed by atoms with Crippen molar-refractivity contribution in [3.63, 3.8) is 0 Å². The van der Waals surface area contributed by atoms with Gasteiger partial charge in [-0.25, -0.2) is 4.98 Å². The summed E-state index contributed by atoms with van der Waals surface area (Å²) in [5, 5.41) is 3.42. The molecule has 0 saturated carbocycles. The van der Waals surface area contributed by atoms with Crippen molar-refractivity contribution in [1.29, 1.82) is 0 Å². The molecule has 4 heteroatoms. The first kappa shape index (κ1) is 11.0. The fraction of sp³-hybridized carbons (Fsp3) is 0.727. The van der Waals surface area contributed by atoms with E-state index in [4.69, 9.17) is 0 Å². The minimum atomic E-state index is 0.673. The maximum atomic E-state index is 4.29. The molecule has 0 amide bonds. The standard InChI is InChI=1S/C11H19N3S/c1-9-7-12-4-6-14(9)5-3-11-10(2)13-8-15-11/h8-9,12H,3-7H2,1-2H3. The van der Waals surface area contributed by atoms with Crippen molar-refractivity contribution < 1.29 is 0 Å². The number of nitrogens with one attached hydrogen (secondary N) is 1. The smallest absolute Gasteiger partial charge is 0.0797 e. The van der Waals surface area contributed by atoms with Crippen LogP contribution in [0.15, 0.2) is 5.51 Å². The van der Waals surface area contributed by atoms with E-state index in [-0.39, 0.29) is 0 Å². The highest BCUT2D eigenvalue weighted by Gasteiger charge is 2.17. The Hall–Kier alpha value is -0.450. The third kappa shape index (κ3) is 2.77. The second kappa shape index (κ2) is 5.05. The number of hydrogen-bond acceptors (Lipinski definition) is 4. The molecule has 3 nitrogen and oxygen atoms in total. The van der Waals surface area contributed by atoms with Crippen LogP contribution < -0.4 is 5.32 Å². The molecule has 1 atom stereocenters. The minimum Gasteiger partial charge on any atom is -0.314 e. The van der Waals surface area contributed by atoms with E-state index in [1.807, 2.05) is 5.51 Å². The average molecular weight is 225 g/mol. The van der Waals surface area contributed by atoms with Crippen LogP contribution in [0, 0.1) is 6.92 Å². The molecule has 15 heavy (non-hydrogen) atoms. The van der Waals surface area contributed by atoms with Crippen LogP contribution in [0.25, 0.3) is 0 Å². The predicted octanol–water partition coefficient (Wildman–Crippen LogP) is 1.29.